The first-order chi connectivity index (χ1) is 12.7. The summed E-state index contributed by atoms with van der Waals surface area (Å²) < 4.78 is 38.5. The minimum absolute atomic E-state index is 0.0159. The maximum atomic E-state index is 12.8. The van der Waals surface area contributed by atoms with E-state index in [2.05, 4.69) is 0 Å². The van der Waals surface area contributed by atoms with E-state index in [0.717, 1.165) is 18.2 Å². The van der Waals surface area contributed by atoms with Gasteiger partial charge >= 0.3 is 6.18 Å². The summed E-state index contributed by atoms with van der Waals surface area (Å²) in [7, 11) is 1.48. The zero-order valence-electron chi connectivity index (χ0n) is 14.3. The maximum Gasteiger partial charge on any atom is 0.416 e. The van der Waals surface area contributed by atoms with Crippen molar-refractivity contribution >= 4 is 17.9 Å². The van der Waals surface area contributed by atoms with Crippen LogP contribution in [0.5, 0.6) is 0 Å². The van der Waals surface area contributed by atoms with Gasteiger partial charge in [-0.15, -0.1) is 0 Å². The molecule has 2 amide bonds. The normalized spacial score (nSPS) is 11.4. The van der Waals surface area contributed by atoms with E-state index in [9.17, 15) is 22.8 Å². The molecule has 2 aromatic carbocycles. The number of rotatable bonds is 5. The number of alkyl halides is 3. The number of carbonyl (C=O) groups is 2. The standard InChI is InChI=1S/C19H17F3N2O3/c1-24(12-13-5-4-7-15(11-13)19(20,21)22)18(26)16-8-3-2-6-14(16)9-10-17(25)23-27/h2-11,27H,12H2,1H3,(H,23,25)/b10-9+. The molecule has 2 N–H and O–H groups in total. The molecule has 5 nitrogen and oxygen atoms in total. The summed E-state index contributed by atoms with van der Waals surface area (Å²) in [6.07, 6.45) is -2.04. The van der Waals surface area contributed by atoms with E-state index in [1.54, 1.807) is 24.3 Å². The monoisotopic (exact) mass is 378 g/mol. The summed E-state index contributed by atoms with van der Waals surface area (Å²) in [4.78, 5) is 25.1. The fourth-order valence-electron chi connectivity index (χ4n) is 2.44. The van der Waals surface area contributed by atoms with E-state index in [-0.39, 0.29) is 12.1 Å². The molecule has 0 radical (unpaired) electrons. The first-order valence-electron chi connectivity index (χ1n) is 7.85. The molecule has 2 aromatic rings. The minimum Gasteiger partial charge on any atom is -0.337 e. The van der Waals surface area contributed by atoms with Crippen LogP contribution < -0.4 is 5.48 Å². The third kappa shape index (κ3) is 5.42. The summed E-state index contributed by atoms with van der Waals surface area (Å²) in [6, 6.07) is 11.2. The Balaban J connectivity index is 2.21. The third-order valence-electron chi connectivity index (χ3n) is 3.74. The average molecular weight is 378 g/mol. The van der Waals surface area contributed by atoms with Gasteiger partial charge in [0.25, 0.3) is 11.8 Å². The van der Waals surface area contributed by atoms with E-state index in [4.69, 9.17) is 5.21 Å². The van der Waals surface area contributed by atoms with Gasteiger partial charge in [0.2, 0.25) is 0 Å². The van der Waals surface area contributed by atoms with Crippen molar-refractivity contribution < 1.29 is 28.0 Å². The summed E-state index contributed by atoms with van der Waals surface area (Å²) in [5, 5.41) is 8.52. The Morgan fingerprint density at radius 1 is 1.15 bits per heavy atom. The van der Waals surface area contributed by atoms with E-state index < -0.39 is 23.6 Å². The molecule has 0 aliphatic heterocycles. The largest absolute Gasteiger partial charge is 0.416 e. The predicted molar refractivity (Wildman–Crippen MR) is 92.6 cm³/mol. The average Bonchev–Trinajstić information content (AvgIpc) is 2.65. The smallest absolute Gasteiger partial charge is 0.337 e. The molecule has 8 heteroatoms. The van der Waals surface area contributed by atoms with E-state index in [1.807, 2.05) is 0 Å². The molecule has 0 spiro atoms. The quantitative estimate of drug-likeness (QED) is 0.475. The van der Waals surface area contributed by atoms with Crippen molar-refractivity contribution in [1.29, 1.82) is 0 Å². The number of halogens is 3. The number of hydroxylamine groups is 1. The van der Waals surface area contributed by atoms with Crippen LogP contribution in [0, 0.1) is 0 Å². The molecule has 27 heavy (non-hydrogen) atoms. The van der Waals surface area contributed by atoms with E-state index in [0.29, 0.717) is 11.1 Å². The Labute approximate surface area is 153 Å². The number of carbonyl (C=O) groups excluding carboxylic acids is 2. The molecule has 0 saturated heterocycles. The SMILES string of the molecule is CN(Cc1cccc(C(F)(F)F)c1)C(=O)c1ccccc1/C=C/C(=O)NO. The lowest BCUT2D eigenvalue weighted by Crippen LogP contribution is -2.27. The maximum absolute atomic E-state index is 12.8. The Morgan fingerprint density at radius 3 is 2.52 bits per heavy atom. The van der Waals surface area contributed by atoms with Crippen LogP contribution in [0.1, 0.15) is 27.0 Å². The number of nitrogens with zero attached hydrogens (tertiary/aromatic N) is 1. The molecule has 0 bridgehead atoms. The first-order valence-corrected chi connectivity index (χ1v) is 7.85. The highest BCUT2D eigenvalue weighted by Gasteiger charge is 2.30. The van der Waals surface area contributed by atoms with Gasteiger partial charge in [0.05, 0.1) is 5.56 Å². The highest BCUT2D eigenvalue weighted by molar-refractivity contribution is 5.99. The summed E-state index contributed by atoms with van der Waals surface area (Å²) in [5.41, 5.74) is 1.71. The van der Waals surface area contributed by atoms with Gasteiger partial charge in [0, 0.05) is 25.2 Å². The lowest BCUT2D eigenvalue weighted by molar-refractivity contribution is -0.137. The van der Waals surface area contributed by atoms with E-state index >= 15 is 0 Å². The van der Waals surface area contributed by atoms with Crippen LogP contribution in [-0.2, 0) is 17.5 Å². The zero-order chi connectivity index (χ0) is 20.0. The predicted octanol–water partition coefficient (Wildman–Crippen LogP) is 3.50. The Bertz CT molecular complexity index is 863. The molecule has 0 aliphatic carbocycles. The van der Waals surface area contributed by atoms with E-state index in [1.165, 1.54) is 35.6 Å². The lowest BCUT2D eigenvalue weighted by atomic mass is 10.0. The van der Waals surface area contributed by atoms with Crippen LogP contribution in [0.4, 0.5) is 13.2 Å². The van der Waals surface area contributed by atoms with Crippen molar-refractivity contribution in [2.24, 2.45) is 0 Å². The van der Waals surface area contributed by atoms with Gasteiger partial charge in [0.15, 0.2) is 0 Å². The van der Waals surface area contributed by atoms with Crippen molar-refractivity contribution in [2.75, 3.05) is 7.05 Å². The van der Waals surface area contributed by atoms with Gasteiger partial charge in [-0.1, -0.05) is 30.3 Å². The first kappa shape index (κ1) is 20.2. The molecular formula is C19H17F3N2O3. The van der Waals surface area contributed by atoms with Crippen LogP contribution in [0.15, 0.2) is 54.6 Å². The molecule has 0 fully saturated rings. The second-order valence-electron chi connectivity index (χ2n) is 5.76. The number of benzene rings is 2. The van der Waals surface area contributed by atoms with Crippen molar-refractivity contribution in [3.63, 3.8) is 0 Å². The topological polar surface area (TPSA) is 69.6 Å². The molecule has 0 heterocycles. The van der Waals surface area contributed by atoms with Crippen molar-refractivity contribution in [3.8, 4) is 0 Å². The number of nitrogens with one attached hydrogen (secondary N) is 1. The van der Waals surface area contributed by atoms with Crippen molar-refractivity contribution in [2.45, 2.75) is 12.7 Å². The summed E-state index contributed by atoms with van der Waals surface area (Å²) in [6.45, 7) is -0.0159. The third-order valence-corrected chi connectivity index (χ3v) is 3.74. The summed E-state index contributed by atoms with van der Waals surface area (Å²) in [5.74, 6) is -1.17. The van der Waals surface area contributed by atoms with Gasteiger partial charge in [-0.2, -0.15) is 13.2 Å². The molecule has 0 aliphatic rings. The second kappa shape index (κ2) is 8.50. The molecule has 0 aromatic heterocycles. The van der Waals surface area contributed by atoms with Gasteiger partial charge in [-0.25, -0.2) is 5.48 Å². The Hall–Kier alpha value is -3.13. The fraction of sp³-hybridized carbons (Fsp3) is 0.158. The number of amides is 2. The van der Waals surface area contributed by atoms with Gasteiger partial charge in [-0.05, 0) is 35.4 Å². The molecule has 2 rings (SSSR count). The number of hydrogen-bond donors (Lipinski definition) is 2. The molecule has 0 saturated carbocycles. The molecule has 0 unspecified atom stereocenters. The van der Waals surface area contributed by atoms with Crippen LogP contribution in [0.2, 0.25) is 0 Å². The van der Waals surface area contributed by atoms with Crippen molar-refractivity contribution in [1.82, 2.24) is 10.4 Å². The lowest BCUT2D eigenvalue weighted by Gasteiger charge is -2.19. The molecule has 142 valence electrons. The summed E-state index contributed by atoms with van der Waals surface area (Å²) >= 11 is 0. The van der Waals surface area contributed by atoms with Crippen molar-refractivity contribution in [3.05, 3.63) is 76.9 Å². The van der Waals surface area contributed by atoms with Gasteiger partial charge in [0.1, 0.15) is 0 Å². The molecular weight excluding hydrogens is 361 g/mol. The Morgan fingerprint density at radius 2 is 1.85 bits per heavy atom. The number of hydrogen-bond acceptors (Lipinski definition) is 3. The zero-order valence-corrected chi connectivity index (χ0v) is 14.3. The highest BCUT2D eigenvalue weighted by Crippen LogP contribution is 2.29. The van der Waals surface area contributed by atoms with Crippen LogP contribution in [0.3, 0.4) is 0 Å². The van der Waals surface area contributed by atoms with Crippen LogP contribution in [-0.4, -0.2) is 29.0 Å². The minimum atomic E-state index is -4.46. The van der Waals surface area contributed by atoms with Gasteiger partial charge < -0.3 is 4.90 Å². The fourth-order valence-corrected chi connectivity index (χ4v) is 2.44. The second-order valence-corrected chi connectivity index (χ2v) is 5.76. The highest BCUT2D eigenvalue weighted by atomic mass is 19.4. The van der Waals surface area contributed by atoms with Crippen LogP contribution >= 0.6 is 0 Å². The van der Waals surface area contributed by atoms with Crippen LogP contribution in [0.25, 0.3) is 6.08 Å². The van der Waals surface area contributed by atoms with Gasteiger partial charge in [-0.3, -0.25) is 14.8 Å². The Kier molecular flexibility index (Phi) is 6.36. The molecule has 0 atom stereocenters.